The van der Waals surface area contributed by atoms with E-state index >= 15 is 0 Å². The average molecular weight is 320 g/mol. The van der Waals surface area contributed by atoms with E-state index in [1.54, 1.807) is 36.0 Å². The highest BCUT2D eigenvalue weighted by Gasteiger charge is 2.05. The molecular formula is C12H10BrN5O. The summed E-state index contributed by atoms with van der Waals surface area (Å²) in [6, 6.07) is 3.51. The predicted octanol–water partition coefficient (Wildman–Crippen LogP) is 1.93. The third-order valence-corrected chi connectivity index (χ3v) is 3.11. The molecule has 3 aromatic rings. The Kier molecular flexibility index (Phi) is 2.83. The van der Waals surface area contributed by atoms with Gasteiger partial charge in [0.2, 0.25) is 5.78 Å². The van der Waals surface area contributed by atoms with E-state index in [4.69, 9.17) is 0 Å². The molecule has 0 bridgehead atoms. The second-order valence-corrected chi connectivity index (χ2v) is 4.98. The van der Waals surface area contributed by atoms with Crippen LogP contribution in [-0.4, -0.2) is 18.9 Å². The fourth-order valence-corrected chi connectivity index (χ4v) is 2.31. The molecule has 1 N–H and O–H groups in total. The molecule has 0 radical (unpaired) electrons. The van der Waals surface area contributed by atoms with E-state index in [9.17, 15) is 4.79 Å². The van der Waals surface area contributed by atoms with Crippen LogP contribution < -0.4 is 10.9 Å². The number of fused-ring (bicyclic) bond motifs is 1. The number of nitrogens with zero attached hydrogens (tertiary/aromatic N) is 4. The van der Waals surface area contributed by atoms with Crippen LogP contribution in [0.3, 0.4) is 0 Å². The Morgan fingerprint density at radius 1 is 1.37 bits per heavy atom. The molecule has 19 heavy (non-hydrogen) atoms. The van der Waals surface area contributed by atoms with E-state index in [0.717, 1.165) is 4.47 Å². The van der Waals surface area contributed by atoms with Gasteiger partial charge in [0.1, 0.15) is 11.5 Å². The summed E-state index contributed by atoms with van der Waals surface area (Å²) in [6.07, 6.45) is 7.02. The molecule has 0 fully saturated rings. The number of nitrogens with one attached hydrogen (secondary N) is 1. The molecule has 0 spiro atoms. The van der Waals surface area contributed by atoms with Gasteiger partial charge in [0, 0.05) is 36.3 Å². The molecule has 0 saturated carbocycles. The standard InChI is InChI=1S/C12H10BrN5O/c1-17-7-8(13)6-9(11(17)19)15-10-2-4-18-5-3-14-12(18)16-10/h2-7H,1H3,(H,14,15,16). The summed E-state index contributed by atoms with van der Waals surface area (Å²) >= 11 is 3.36. The number of hydrogen-bond acceptors (Lipinski definition) is 4. The molecule has 0 aliphatic carbocycles. The molecule has 0 amide bonds. The Hall–Kier alpha value is -2.15. The van der Waals surface area contributed by atoms with Crippen LogP contribution in [0.4, 0.5) is 11.5 Å². The lowest BCUT2D eigenvalue weighted by atomic mass is 10.4. The molecule has 6 nitrogen and oxygen atoms in total. The van der Waals surface area contributed by atoms with Gasteiger partial charge < -0.3 is 9.88 Å². The van der Waals surface area contributed by atoms with E-state index in [-0.39, 0.29) is 5.56 Å². The van der Waals surface area contributed by atoms with E-state index < -0.39 is 0 Å². The third kappa shape index (κ3) is 2.24. The van der Waals surface area contributed by atoms with Crippen LogP contribution in [0.2, 0.25) is 0 Å². The Morgan fingerprint density at radius 2 is 2.21 bits per heavy atom. The van der Waals surface area contributed by atoms with Crippen LogP contribution in [0.5, 0.6) is 0 Å². The van der Waals surface area contributed by atoms with Crippen molar-refractivity contribution in [3.63, 3.8) is 0 Å². The summed E-state index contributed by atoms with van der Waals surface area (Å²) in [5.74, 6) is 1.16. The van der Waals surface area contributed by atoms with Gasteiger partial charge >= 0.3 is 0 Å². The average Bonchev–Trinajstić information content (AvgIpc) is 2.82. The number of hydrogen-bond donors (Lipinski definition) is 1. The fraction of sp³-hybridized carbons (Fsp3) is 0.0833. The number of aromatic nitrogens is 4. The fourth-order valence-electron chi connectivity index (χ4n) is 1.77. The summed E-state index contributed by atoms with van der Waals surface area (Å²) in [7, 11) is 1.70. The Bertz CT molecular complexity index is 807. The van der Waals surface area contributed by atoms with Crippen molar-refractivity contribution < 1.29 is 0 Å². The van der Waals surface area contributed by atoms with E-state index in [1.165, 1.54) is 4.57 Å². The smallest absolute Gasteiger partial charge is 0.274 e. The number of anilines is 2. The summed E-state index contributed by atoms with van der Waals surface area (Å²) in [6.45, 7) is 0. The van der Waals surface area contributed by atoms with Crippen molar-refractivity contribution in [2.24, 2.45) is 7.05 Å². The quantitative estimate of drug-likeness (QED) is 0.784. The topological polar surface area (TPSA) is 64.2 Å². The van der Waals surface area contributed by atoms with Gasteiger partial charge in [-0.2, -0.15) is 4.98 Å². The van der Waals surface area contributed by atoms with Crippen molar-refractivity contribution in [3.05, 3.63) is 51.7 Å². The number of rotatable bonds is 2. The molecule has 96 valence electrons. The van der Waals surface area contributed by atoms with Gasteiger partial charge in [-0.3, -0.25) is 9.20 Å². The third-order valence-electron chi connectivity index (χ3n) is 2.67. The first-order valence-corrected chi connectivity index (χ1v) is 6.36. The zero-order valence-electron chi connectivity index (χ0n) is 10.0. The summed E-state index contributed by atoms with van der Waals surface area (Å²) in [5.41, 5.74) is 0.341. The maximum Gasteiger partial charge on any atom is 0.274 e. The van der Waals surface area contributed by atoms with E-state index in [2.05, 4.69) is 31.2 Å². The van der Waals surface area contributed by atoms with E-state index in [0.29, 0.717) is 17.3 Å². The molecule has 0 atom stereocenters. The monoisotopic (exact) mass is 319 g/mol. The molecule has 0 unspecified atom stereocenters. The largest absolute Gasteiger partial charge is 0.336 e. The minimum Gasteiger partial charge on any atom is -0.336 e. The number of halogens is 1. The first kappa shape index (κ1) is 11.9. The summed E-state index contributed by atoms with van der Waals surface area (Å²) in [5, 5.41) is 3.01. The van der Waals surface area contributed by atoms with Gasteiger partial charge in [-0.25, -0.2) is 4.98 Å². The van der Waals surface area contributed by atoms with Crippen molar-refractivity contribution in [2.75, 3.05) is 5.32 Å². The molecular weight excluding hydrogens is 310 g/mol. The molecule has 0 aliphatic heterocycles. The molecule has 3 aromatic heterocycles. The second kappa shape index (κ2) is 4.51. The highest BCUT2D eigenvalue weighted by Crippen LogP contribution is 2.15. The Labute approximate surface area is 116 Å². The van der Waals surface area contributed by atoms with Crippen LogP contribution in [0.15, 0.2) is 46.2 Å². The molecule has 3 heterocycles. The summed E-state index contributed by atoms with van der Waals surface area (Å²) in [4.78, 5) is 20.4. The van der Waals surface area contributed by atoms with Crippen molar-refractivity contribution >= 4 is 33.2 Å². The lowest BCUT2D eigenvalue weighted by molar-refractivity contribution is 0.858. The highest BCUT2D eigenvalue weighted by atomic mass is 79.9. The normalized spacial score (nSPS) is 10.8. The van der Waals surface area contributed by atoms with Gasteiger partial charge in [0.15, 0.2) is 0 Å². The van der Waals surface area contributed by atoms with Crippen molar-refractivity contribution in [1.82, 2.24) is 18.9 Å². The van der Waals surface area contributed by atoms with Crippen LogP contribution >= 0.6 is 15.9 Å². The molecule has 3 rings (SSSR count). The van der Waals surface area contributed by atoms with E-state index in [1.807, 2.05) is 12.4 Å². The first-order valence-electron chi connectivity index (χ1n) is 5.56. The highest BCUT2D eigenvalue weighted by molar-refractivity contribution is 9.10. The maximum atomic E-state index is 12.0. The molecule has 7 heteroatoms. The molecule has 0 saturated heterocycles. The van der Waals surface area contributed by atoms with Gasteiger partial charge in [0.25, 0.3) is 5.56 Å². The van der Waals surface area contributed by atoms with Crippen LogP contribution in [0.1, 0.15) is 0 Å². The van der Waals surface area contributed by atoms with Crippen molar-refractivity contribution in [2.45, 2.75) is 0 Å². The second-order valence-electron chi connectivity index (χ2n) is 4.06. The lowest BCUT2D eigenvalue weighted by Gasteiger charge is -2.07. The van der Waals surface area contributed by atoms with Gasteiger partial charge in [-0.05, 0) is 28.1 Å². The molecule has 0 aliphatic rings. The van der Waals surface area contributed by atoms with Crippen LogP contribution in [0, 0.1) is 0 Å². The predicted molar refractivity (Wildman–Crippen MR) is 75.7 cm³/mol. The van der Waals surface area contributed by atoms with Crippen LogP contribution in [0.25, 0.3) is 5.78 Å². The maximum absolute atomic E-state index is 12.0. The molecule has 0 aromatic carbocycles. The summed E-state index contributed by atoms with van der Waals surface area (Å²) < 4.78 is 4.11. The van der Waals surface area contributed by atoms with Crippen molar-refractivity contribution in [3.8, 4) is 0 Å². The number of aryl methyl sites for hydroxylation is 1. The van der Waals surface area contributed by atoms with Gasteiger partial charge in [-0.1, -0.05) is 0 Å². The Balaban J connectivity index is 2.03. The van der Waals surface area contributed by atoms with Crippen molar-refractivity contribution in [1.29, 1.82) is 0 Å². The Morgan fingerprint density at radius 3 is 3.05 bits per heavy atom. The zero-order valence-corrected chi connectivity index (χ0v) is 11.6. The van der Waals surface area contributed by atoms with Crippen LogP contribution in [-0.2, 0) is 7.05 Å². The lowest BCUT2D eigenvalue weighted by Crippen LogP contribution is -2.19. The van der Waals surface area contributed by atoms with Gasteiger partial charge in [0.05, 0.1) is 0 Å². The first-order chi connectivity index (χ1) is 9.13. The minimum absolute atomic E-state index is 0.117. The number of imidazole rings is 1. The minimum atomic E-state index is -0.117. The van der Waals surface area contributed by atoms with Gasteiger partial charge in [-0.15, -0.1) is 0 Å². The zero-order chi connectivity index (χ0) is 13.4. The SMILES string of the molecule is Cn1cc(Br)cc(Nc2ccn3ccnc3n2)c1=O. The number of pyridine rings is 1.